The molecular weight excluding hydrogens is 277 g/mol. The van der Waals surface area contributed by atoms with Crippen LogP contribution >= 0.6 is 7.60 Å². The van der Waals surface area contributed by atoms with Gasteiger partial charge in [0.25, 0.3) is 0 Å². The fourth-order valence-electron chi connectivity index (χ4n) is 1.66. The van der Waals surface area contributed by atoms with Gasteiger partial charge in [-0.15, -0.1) is 0 Å². The van der Waals surface area contributed by atoms with Crippen LogP contribution in [0.4, 0.5) is 0 Å². The van der Waals surface area contributed by atoms with Crippen LogP contribution in [0.2, 0.25) is 0 Å². The van der Waals surface area contributed by atoms with Crippen molar-refractivity contribution in [1.29, 1.82) is 0 Å². The molecule has 0 bridgehead atoms. The molecule has 1 atom stereocenters. The predicted molar refractivity (Wildman–Crippen MR) is 82.9 cm³/mol. The number of hydrogen-bond donors (Lipinski definition) is 1. The highest BCUT2D eigenvalue weighted by molar-refractivity contribution is 7.55. The minimum absolute atomic E-state index is 0.374. The van der Waals surface area contributed by atoms with E-state index in [-0.39, 0.29) is 0 Å². The van der Waals surface area contributed by atoms with Crippen LogP contribution in [0, 0.1) is 0 Å². The molecule has 20 heavy (non-hydrogen) atoms. The highest BCUT2D eigenvalue weighted by Gasteiger charge is 2.34. The summed E-state index contributed by atoms with van der Waals surface area (Å²) in [5, 5.41) is 12.0. The van der Waals surface area contributed by atoms with E-state index in [4.69, 9.17) is 14.3 Å². The topological polar surface area (TPSA) is 68.1 Å². The van der Waals surface area contributed by atoms with Crippen LogP contribution in [-0.2, 0) is 13.6 Å². The Balaban J connectivity index is 4.54. The van der Waals surface area contributed by atoms with Crippen LogP contribution in [0.15, 0.2) is 5.16 Å². The van der Waals surface area contributed by atoms with Crippen molar-refractivity contribution >= 4 is 13.3 Å². The Kier molecular flexibility index (Phi) is 11.1. The third kappa shape index (κ3) is 7.41. The molecule has 1 unspecified atom stereocenters. The van der Waals surface area contributed by atoms with E-state index in [1.54, 1.807) is 13.8 Å². The Hall–Kier alpha value is -0.380. The van der Waals surface area contributed by atoms with Crippen molar-refractivity contribution in [1.82, 2.24) is 0 Å². The summed E-state index contributed by atoms with van der Waals surface area (Å²) in [4.78, 5) is 0. The second-order valence-corrected chi connectivity index (χ2v) is 7.41. The molecule has 0 heterocycles. The Bertz CT molecular complexity index is 304. The zero-order valence-corrected chi connectivity index (χ0v) is 14.2. The number of unbranched alkanes of at least 4 members (excludes halogenated alkanes) is 4. The Morgan fingerprint density at radius 2 is 1.55 bits per heavy atom. The maximum Gasteiger partial charge on any atom is 0.339 e. The largest absolute Gasteiger partial charge is 0.411 e. The average molecular weight is 307 g/mol. The molecule has 0 saturated heterocycles. The average Bonchev–Trinajstić information content (AvgIpc) is 2.46. The molecule has 0 aliphatic carbocycles. The first-order valence-corrected chi connectivity index (χ1v) is 9.20. The molecule has 0 radical (unpaired) electrons. The van der Waals surface area contributed by atoms with Crippen molar-refractivity contribution in [3.8, 4) is 0 Å². The molecule has 0 fully saturated rings. The summed E-state index contributed by atoms with van der Waals surface area (Å²) in [6.45, 7) is 8.39. The lowest BCUT2D eigenvalue weighted by Gasteiger charge is -2.23. The maximum atomic E-state index is 12.8. The van der Waals surface area contributed by atoms with Gasteiger partial charge in [0.05, 0.1) is 24.6 Å². The lowest BCUT2D eigenvalue weighted by molar-refractivity contribution is 0.195. The number of hydrogen-bond acceptors (Lipinski definition) is 5. The van der Waals surface area contributed by atoms with E-state index in [0.29, 0.717) is 18.9 Å². The minimum atomic E-state index is -3.25. The van der Waals surface area contributed by atoms with Crippen molar-refractivity contribution < 1.29 is 18.8 Å². The fourth-order valence-corrected chi connectivity index (χ4v) is 3.46. The molecule has 120 valence electrons. The zero-order chi connectivity index (χ0) is 15.4. The molecule has 0 amide bonds. The Labute approximate surface area is 123 Å². The van der Waals surface area contributed by atoms with Gasteiger partial charge in [0.1, 0.15) is 0 Å². The van der Waals surface area contributed by atoms with Gasteiger partial charge >= 0.3 is 7.60 Å². The number of rotatable bonds is 12. The molecule has 0 spiro atoms. The first-order valence-electron chi connectivity index (χ1n) is 7.59. The lowest BCUT2D eigenvalue weighted by atomic mass is 10.3. The molecule has 0 aliphatic heterocycles. The third-order valence-electron chi connectivity index (χ3n) is 3.27. The summed E-state index contributed by atoms with van der Waals surface area (Å²) in [5.41, 5.74) is -0.143. The highest BCUT2D eigenvalue weighted by atomic mass is 31.2. The van der Waals surface area contributed by atoms with Gasteiger partial charge in [-0.25, -0.2) is 0 Å². The first kappa shape index (κ1) is 19.6. The van der Waals surface area contributed by atoms with Gasteiger partial charge in [-0.2, -0.15) is 0 Å². The van der Waals surface area contributed by atoms with E-state index in [2.05, 4.69) is 19.0 Å². The Morgan fingerprint density at radius 3 is 1.90 bits per heavy atom. The smallest absolute Gasteiger partial charge is 0.339 e. The first-order chi connectivity index (χ1) is 9.51. The second-order valence-electron chi connectivity index (χ2n) is 5.04. The summed E-state index contributed by atoms with van der Waals surface area (Å²) in [6, 6.07) is 0. The van der Waals surface area contributed by atoms with E-state index in [9.17, 15) is 4.57 Å². The molecule has 1 N–H and O–H groups in total. The van der Waals surface area contributed by atoms with Gasteiger partial charge in [-0.05, 0) is 26.7 Å². The van der Waals surface area contributed by atoms with Crippen LogP contribution in [0.5, 0.6) is 0 Å². The molecule has 6 heteroatoms. The molecule has 5 nitrogen and oxygen atoms in total. The van der Waals surface area contributed by atoms with E-state index in [0.717, 1.165) is 38.5 Å². The van der Waals surface area contributed by atoms with E-state index < -0.39 is 13.3 Å². The number of nitrogens with zero attached hydrogens (tertiary/aromatic N) is 1. The van der Waals surface area contributed by atoms with Gasteiger partial charge in [-0.3, -0.25) is 4.57 Å². The van der Waals surface area contributed by atoms with E-state index in [1.165, 1.54) is 0 Å². The lowest BCUT2D eigenvalue weighted by Crippen LogP contribution is -2.18. The van der Waals surface area contributed by atoms with Gasteiger partial charge in [0.15, 0.2) is 0 Å². The normalized spacial score (nSPS) is 14.5. The summed E-state index contributed by atoms with van der Waals surface area (Å²) in [5.74, 6) is 0. The van der Waals surface area contributed by atoms with Crippen molar-refractivity contribution in [2.75, 3.05) is 13.2 Å². The molecule has 0 aromatic heterocycles. The molecule has 0 rings (SSSR count). The quantitative estimate of drug-likeness (QED) is 0.184. The second kappa shape index (κ2) is 11.3. The standard InChI is InChI=1S/C14H30NO4P/c1-5-7-9-11-18-20(17,14(4)13(3)15-16)19-12-10-8-6-2/h14,16H,5-12H2,1-4H3. The van der Waals surface area contributed by atoms with Gasteiger partial charge in [0.2, 0.25) is 0 Å². The van der Waals surface area contributed by atoms with Crippen molar-refractivity contribution in [2.45, 2.75) is 71.9 Å². The fraction of sp³-hybridized carbons (Fsp3) is 0.929. The van der Waals surface area contributed by atoms with Crippen LogP contribution in [-0.4, -0.2) is 29.8 Å². The highest BCUT2D eigenvalue weighted by Crippen LogP contribution is 2.53. The summed E-state index contributed by atoms with van der Waals surface area (Å²) in [6.07, 6.45) is 5.96. The minimum Gasteiger partial charge on any atom is -0.411 e. The van der Waals surface area contributed by atoms with Crippen molar-refractivity contribution in [3.05, 3.63) is 0 Å². The van der Waals surface area contributed by atoms with Gasteiger partial charge < -0.3 is 14.3 Å². The zero-order valence-electron chi connectivity index (χ0n) is 13.3. The van der Waals surface area contributed by atoms with Crippen LogP contribution in [0.3, 0.4) is 0 Å². The van der Waals surface area contributed by atoms with Crippen molar-refractivity contribution in [3.63, 3.8) is 0 Å². The maximum absolute atomic E-state index is 12.8. The molecular formula is C14H30NO4P. The molecule has 0 aromatic carbocycles. The summed E-state index contributed by atoms with van der Waals surface area (Å²) < 4.78 is 23.9. The third-order valence-corrected chi connectivity index (χ3v) is 5.68. The SMILES string of the molecule is CCCCCOP(=O)(OCCCCC)C(C)C(C)=NO. The van der Waals surface area contributed by atoms with Crippen molar-refractivity contribution in [2.24, 2.45) is 5.16 Å². The summed E-state index contributed by atoms with van der Waals surface area (Å²) in [7, 11) is -3.25. The van der Waals surface area contributed by atoms with Crippen LogP contribution in [0.25, 0.3) is 0 Å². The van der Waals surface area contributed by atoms with Gasteiger partial charge in [-0.1, -0.05) is 44.7 Å². The van der Waals surface area contributed by atoms with Crippen LogP contribution < -0.4 is 0 Å². The monoisotopic (exact) mass is 307 g/mol. The predicted octanol–water partition coefficient (Wildman–Crippen LogP) is 4.83. The molecule has 0 aromatic rings. The summed E-state index contributed by atoms with van der Waals surface area (Å²) >= 11 is 0. The van der Waals surface area contributed by atoms with E-state index in [1.807, 2.05) is 0 Å². The van der Waals surface area contributed by atoms with E-state index >= 15 is 0 Å². The molecule has 0 saturated carbocycles. The Morgan fingerprint density at radius 1 is 1.10 bits per heavy atom. The van der Waals surface area contributed by atoms with Gasteiger partial charge in [0, 0.05) is 0 Å². The molecule has 0 aliphatic rings. The van der Waals surface area contributed by atoms with Crippen LogP contribution in [0.1, 0.15) is 66.2 Å². The number of oxime groups is 1.